The van der Waals surface area contributed by atoms with Gasteiger partial charge in [0.15, 0.2) is 0 Å². The van der Waals surface area contributed by atoms with E-state index in [4.69, 9.17) is 0 Å². The van der Waals surface area contributed by atoms with Gasteiger partial charge in [-0.2, -0.15) is 5.10 Å². The molecule has 1 fully saturated rings. The van der Waals surface area contributed by atoms with E-state index in [1.54, 1.807) is 10.9 Å². The summed E-state index contributed by atoms with van der Waals surface area (Å²) >= 11 is 0. The molecule has 6 heteroatoms. The van der Waals surface area contributed by atoms with Crippen molar-refractivity contribution < 1.29 is 5.11 Å². The minimum Gasteiger partial charge on any atom is -0.387 e. The lowest BCUT2D eigenvalue weighted by atomic mass is 10.0. The summed E-state index contributed by atoms with van der Waals surface area (Å²) in [6, 6.07) is 6.42. The van der Waals surface area contributed by atoms with Crippen molar-refractivity contribution in [1.29, 1.82) is 0 Å². The second-order valence-electron chi connectivity index (χ2n) is 6.54. The number of H-pyrrole nitrogens is 1. The normalized spacial score (nSPS) is 18.2. The number of aromatic nitrogens is 3. The molecular weight excluding hydrogens is 292 g/mol. The number of aromatic amines is 1. The first kappa shape index (κ1) is 16.0. The Kier molecular flexibility index (Phi) is 4.63. The highest BCUT2D eigenvalue weighted by atomic mass is 16.3. The SMILES string of the molecule is Cc1cc(C)cc(C(O)CN2CCC(n3cn[nH]c3=O)CC2)c1. The van der Waals surface area contributed by atoms with Crippen LogP contribution in [0.1, 0.15) is 41.7 Å². The Morgan fingerprint density at radius 3 is 2.48 bits per heavy atom. The number of rotatable bonds is 4. The molecule has 2 N–H and O–H groups in total. The minimum atomic E-state index is -0.471. The Morgan fingerprint density at radius 1 is 1.26 bits per heavy atom. The lowest BCUT2D eigenvalue weighted by molar-refractivity contribution is 0.0901. The van der Waals surface area contributed by atoms with Crippen LogP contribution in [-0.2, 0) is 0 Å². The Labute approximate surface area is 135 Å². The van der Waals surface area contributed by atoms with Crippen molar-refractivity contribution in [2.24, 2.45) is 0 Å². The number of likely N-dealkylation sites (tertiary alicyclic amines) is 1. The van der Waals surface area contributed by atoms with E-state index in [0.717, 1.165) is 31.5 Å². The van der Waals surface area contributed by atoms with Gasteiger partial charge in [-0.3, -0.25) is 4.57 Å². The molecule has 0 amide bonds. The molecule has 1 aliphatic rings. The van der Waals surface area contributed by atoms with Crippen LogP contribution in [0.25, 0.3) is 0 Å². The van der Waals surface area contributed by atoms with Crippen molar-refractivity contribution in [2.75, 3.05) is 19.6 Å². The summed E-state index contributed by atoms with van der Waals surface area (Å²) in [6.45, 7) is 6.50. The van der Waals surface area contributed by atoms with Crippen LogP contribution in [-0.4, -0.2) is 44.4 Å². The number of nitrogens with one attached hydrogen (secondary N) is 1. The van der Waals surface area contributed by atoms with E-state index in [1.165, 1.54) is 11.1 Å². The van der Waals surface area contributed by atoms with Crippen LogP contribution in [0.2, 0.25) is 0 Å². The molecule has 2 heterocycles. The first-order valence-electron chi connectivity index (χ1n) is 8.13. The van der Waals surface area contributed by atoms with E-state index >= 15 is 0 Å². The van der Waals surface area contributed by atoms with Crippen molar-refractivity contribution in [2.45, 2.75) is 38.8 Å². The van der Waals surface area contributed by atoms with Gasteiger partial charge in [0.05, 0.1) is 6.10 Å². The van der Waals surface area contributed by atoms with Crippen LogP contribution < -0.4 is 5.69 Å². The van der Waals surface area contributed by atoms with Gasteiger partial charge >= 0.3 is 5.69 Å². The molecule has 1 unspecified atom stereocenters. The Balaban J connectivity index is 1.58. The largest absolute Gasteiger partial charge is 0.387 e. The third-order valence-electron chi connectivity index (χ3n) is 4.59. The van der Waals surface area contributed by atoms with Gasteiger partial charge in [0, 0.05) is 25.7 Å². The zero-order chi connectivity index (χ0) is 16.4. The molecule has 23 heavy (non-hydrogen) atoms. The van der Waals surface area contributed by atoms with Crippen molar-refractivity contribution >= 4 is 0 Å². The Hall–Kier alpha value is -1.92. The summed E-state index contributed by atoms with van der Waals surface area (Å²) in [7, 11) is 0. The highest BCUT2D eigenvalue weighted by molar-refractivity contribution is 5.30. The Morgan fingerprint density at radius 2 is 1.91 bits per heavy atom. The van der Waals surface area contributed by atoms with Crippen molar-refractivity contribution in [3.63, 3.8) is 0 Å². The number of aryl methyl sites for hydroxylation is 2. The summed E-state index contributed by atoms with van der Waals surface area (Å²) in [5.41, 5.74) is 3.20. The second kappa shape index (κ2) is 6.68. The van der Waals surface area contributed by atoms with Crippen LogP contribution in [0.5, 0.6) is 0 Å². The fourth-order valence-corrected chi connectivity index (χ4v) is 3.45. The second-order valence-corrected chi connectivity index (χ2v) is 6.54. The highest BCUT2D eigenvalue weighted by Crippen LogP contribution is 2.24. The molecule has 1 aromatic heterocycles. The van der Waals surface area contributed by atoms with Gasteiger partial charge < -0.3 is 10.0 Å². The molecule has 1 aliphatic heterocycles. The molecular formula is C17H24N4O2. The molecule has 0 saturated carbocycles. The molecule has 1 atom stereocenters. The van der Waals surface area contributed by atoms with E-state index in [1.807, 2.05) is 0 Å². The monoisotopic (exact) mass is 316 g/mol. The van der Waals surface area contributed by atoms with Crippen LogP contribution in [0.15, 0.2) is 29.3 Å². The first-order chi connectivity index (χ1) is 11.0. The number of aliphatic hydroxyl groups excluding tert-OH is 1. The molecule has 0 bridgehead atoms. The fourth-order valence-electron chi connectivity index (χ4n) is 3.45. The van der Waals surface area contributed by atoms with Crippen LogP contribution >= 0.6 is 0 Å². The number of aliphatic hydroxyl groups is 1. The third kappa shape index (κ3) is 3.71. The number of nitrogens with zero attached hydrogens (tertiary/aromatic N) is 3. The molecule has 2 aromatic rings. The highest BCUT2D eigenvalue weighted by Gasteiger charge is 2.23. The first-order valence-corrected chi connectivity index (χ1v) is 8.13. The van der Waals surface area contributed by atoms with E-state index in [9.17, 15) is 9.90 Å². The molecule has 3 rings (SSSR count). The lowest BCUT2D eigenvalue weighted by Crippen LogP contribution is -2.38. The van der Waals surface area contributed by atoms with E-state index in [-0.39, 0.29) is 11.7 Å². The smallest absolute Gasteiger partial charge is 0.343 e. The number of β-amino-alcohol motifs (C(OH)–C–C–N with tert-alkyl or cyclic N) is 1. The zero-order valence-corrected chi connectivity index (χ0v) is 13.7. The molecule has 1 aromatic carbocycles. The number of benzene rings is 1. The van der Waals surface area contributed by atoms with Gasteiger partial charge in [-0.05, 0) is 32.3 Å². The fraction of sp³-hybridized carbons (Fsp3) is 0.529. The van der Waals surface area contributed by atoms with Crippen LogP contribution in [0.4, 0.5) is 0 Å². The molecule has 0 spiro atoms. The molecule has 0 aliphatic carbocycles. The van der Waals surface area contributed by atoms with Gasteiger partial charge in [-0.1, -0.05) is 29.3 Å². The van der Waals surface area contributed by atoms with Crippen molar-refractivity contribution in [3.05, 3.63) is 51.7 Å². The lowest BCUT2D eigenvalue weighted by Gasteiger charge is -2.33. The van der Waals surface area contributed by atoms with Gasteiger partial charge in [0.2, 0.25) is 0 Å². The van der Waals surface area contributed by atoms with E-state index in [0.29, 0.717) is 6.54 Å². The predicted octanol–water partition coefficient (Wildman–Crippen LogP) is 1.56. The maximum Gasteiger partial charge on any atom is 0.343 e. The maximum atomic E-state index is 11.6. The van der Waals surface area contributed by atoms with Gasteiger partial charge in [-0.25, -0.2) is 9.89 Å². The van der Waals surface area contributed by atoms with Crippen molar-refractivity contribution in [3.8, 4) is 0 Å². The average molecular weight is 316 g/mol. The summed E-state index contributed by atoms with van der Waals surface area (Å²) in [5, 5.41) is 16.7. The zero-order valence-electron chi connectivity index (χ0n) is 13.7. The molecule has 0 radical (unpaired) electrons. The van der Waals surface area contributed by atoms with Gasteiger partial charge in [-0.15, -0.1) is 0 Å². The van der Waals surface area contributed by atoms with Crippen LogP contribution in [0.3, 0.4) is 0 Å². The van der Waals surface area contributed by atoms with E-state index in [2.05, 4.69) is 47.1 Å². The van der Waals surface area contributed by atoms with Gasteiger partial charge in [0.1, 0.15) is 6.33 Å². The average Bonchev–Trinajstić information content (AvgIpc) is 2.93. The predicted molar refractivity (Wildman–Crippen MR) is 88.4 cm³/mol. The van der Waals surface area contributed by atoms with Gasteiger partial charge in [0.25, 0.3) is 0 Å². The summed E-state index contributed by atoms with van der Waals surface area (Å²) < 4.78 is 1.68. The number of piperidine rings is 1. The standard InChI is InChI=1S/C17H24N4O2/c1-12-7-13(2)9-14(8-12)16(22)10-20-5-3-15(4-6-20)21-11-18-19-17(21)23/h7-9,11,15-16,22H,3-6,10H2,1-2H3,(H,19,23). The topological polar surface area (TPSA) is 74.2 Å². The van der Waals surface area contributed by atoms with E-state index < -0.39 is 6.10 Å². The summed E-state index contributed by atoms with van der Waals surface area (Å²) in [4.78, 5) is 13.9. The summed E-state index contributed by atoms with van der Waals surface area (Å²) in [6.07, 6.45) is 2.91. The minimum absolute atomic E-state index is 0.140. The van der Waals surface area contributed by atoms with Crippen molar-refractivity contribution in [1.82, 2.24) is 19.7 Å². The maximum absolute atomic E-state index is 11.6. The number of hydrogen-bond donors (Lipinski definition) is 2. The number of hydrogen-bond acceptors (Lipinski definition) is 4. The third-order valence-corrected chi connectivity index (χ3v) is 4.59. The molecule has 1 saturated heterocycles. The quantitative estimate of drug-likeness (QED) is 0.898. The van der Waals surface area contributed by atoms with Crippen LogP contribution in [0, 0.1) is 13.8 Å². The molecule has 6 nitrogen and oxygen atoms in total. The molecule has 124 valence electrons. The summed E-state index contributed by atoms with van der Waals surface area (Å²) in [5.74, 6) is 0. The Bertz CT molecular complexity index is 693.